The third-order valence-corrected chi connectivity index (χ3v) is 1.83. The van der Waals surface area contributed by atoms with E-state index in [0.717, 1.165) is 0 Å². The zero-order valence-corrected chi connectivity index (χ0v) is 8.84. The molecule has 19 heavy (non-hydrogen) atoms. The van der Waals surface area contributed by atoms with Crippen LogP contribution in [0.1, 0.15) is 5.56 Å². The van der Waals surface area contributed by atoms with Gasteiger partial charge in [-0.1, -0.05) is 0 Å². The molecule has 0 saturated heterocycles. The first-order chi connectivity index (χ1) is 8.61. The minimum atomic E-state index is -5.16. The number of hydrogen-bond acceptors (Lipinski definition) is 6. The average molecular weight is 282 g/mol. The molecular weight excluding hydrogens is 277 g/mol. The monoisotopic (exact) mass is 282 g/mol. The van der Waals surface area contributed by atoms with Gasteiger partial charge >= 0.3 is 18.1 Å². The van der Waals surface area contributed by atoms with Crippen LogP contribution in [-0.2, 0) is 11.2 Å². The Hall–Kier alpha value is -2.59. The number of carboxylic acids is 1. The molecule has 0 atom stereocenters. The summed E-state index contributed by atoms with van der Waals surface area (Å²) in [5, 5.41) is 28.3. The Kier molecular flexibility index (Phi) is 3.77. The van der Waals surface area contributed by atoms with Gasteiger partial charge in [0, 0.05) is 0 Å². The maximum atomic E-state index is 12.0. The molecule has 0 aliphatic carbocycles. The summed E-state index contributed by atoms with van der Waals surface area (Å²) in [6, 6.07) is 0. The highest BCUT2D eigenvalue weighted by Gasteiger charge is 2.35. The Bertz CT molecular complexity index is 530. The Morgan fingerprint density at radius 2 is 2.11 bits per heavy atom. The van der Waals surface area contributed by atoms with Gasteiger partial charge < -0.3 is 25.1 Å². The third kappa shape index (κ3) is 3.69. The molecular formula is C8H5F3N2O6. The molecule has 1 heterocycles. The lowest BCUT2D eigenvalue weighted by atomic mass is 10.1. The predicted molar refractivity (Wildman–Crippen MR) is 50.6 cm³/mol. The van der Waals surface area contributed by atoms with Gasteiger partial charge in [-0.25, -0.2) is 0 Å². The fourth-order valence-electron chi connectivity index (χ4n) is 1.18. The fourth-order valence-corrected chi connectivity index (χ4v) is 1.18. The number of nitro groups is 1. The Morgan fingerprint density at radius 1 is 1.53 bits per heavy atom. The van der Waals surface area contributed by atoms with Gasteiger partial charge in [0.15, 0.2) is 11.9 Å². The maximum absolute atomic E-state index is 12.0. The van der Waals surface area contributed by atoms with Crippen LogP contribution in [0.3, 0.4) is 0 Å². The number of hydrogen-bond donors (Lipinski definition) is 2. The van der Waals surface area contributed by atoms with Gasteiger partial charge in [0.2, 0.25) is 5.75 Å². The number of carbonyl (C=O) groups is 1. The number of aromatic nitrogens is 1. The second-order valence-corrected chi connectivity index (χ2v) is 3.15. The number of carboxylic acid groups (broad SMARTS) is 1. The van der Waals surface area contributed by atoms with E-state index in [1.54, 1.807) is 0 Å². The van der Waals surface area contributed by atoms with E-state index in [2.05, 4.69) is 9.72 Å². The van der Waals surface area contributed by atoms with Crippen molar-refractivity contribution in [3.8, 4) is 11.5 Å². The van der Waals surface area contributed by atoms with Crippen molar-refractivity contribution in [3.63, 3.8) is 0 Å². The number of rotatable bonds is 4. The van der Waals surface area contributed by atoms with E-state index in [1.807, 2.05) is 0 Å². The molecule has 0 spiro atoms. The van der Waals surface area contributed by atoms with Crippen molar-refractivity contribution in [3.05, 3.63) is 21.9 Å². The van der Waals surface area contributed by atoms with Gasteiger partial charge in [-0.3, -0.25) is 4.79 Å². The van der Waals surface area contributed by atoms with E-state index < -0.39 is 46.6 Å². The Balaban J connectivity index is 3.35. The molecule has 2 N–H and O–H groups in total. The maximum Gasteiger partial charge on any atom is 0.573 e. The number of nitrogens with zero attached hydrogens (tertiary/aromatic N) is 2. The first-order valence-corrected chi connectivity index (χ1v) is 4.44. The van der Waals surface area contributed by atoms with Crippen molar-refractivity contribution in [2.75, 3.05) is 0 Å². The van der Waals surface area contributed by atoms with Gasteiger partial charge in [0.1, 0.15) is 0 Å². The molecule has 0 fully saturated rings. The number of pyridine rings is 1. The van der Waals surface area contributed by atoms with Crippen LogP contribution in [-0.4, -0.2) is 32.5 Å². The Morgan fingerprint density at radius 3 is 2.53 bits per heavy atom. The molecule has 0 aliphatic rings. The molecule has 0 aromatic carbocycles. The van der Waals surface area contributed by atoms with E-state index in [0.29, 0.717) is 6.20 Å². The molecule has 1 rings (SSSR count). The summed E-state index contributed by atoms with van der Waals surface area (Å²) >= 11 is 0. The van der Waals surface area contributed by atoms with Crippen molar-refractivity contribution in [2.45, 2.75) is 12.8 Å². The first-order valence-electron chi connectivity index (χ1n) is 4.44. The van der Waals surface area contributed by atoms with Crippen LogP contribution in [0.2, 0.25) is 0 Å². The van der Waals surface area contributed by atoms with E-state index in [1.165, 1.54) is 0 Å². The highest BCUT2D eigenvalue weighted by molar-refractivity contribution is 5.73. The lowest BCUT2D eigenvalue weighted by Gasteiger charge is -2.11. The minimum absolute atomic E-state index is 0.323. The number of aromatic hydroxyl groups is 1. The van der Waals surface area contributed by atoms with E-state index >= 15 is 0 Å². The van der Waals surface area contributed by atoms with Gasteiger partial charge in [-0.15, -0.1) is 13.2 Å². The molecule has 104 valence electrons. The van der Waals surface area contributed by atoms with Crippen molar-refractivity contribution < 1.29 is 37.8 Å². The summed E-state index contributed by atoms with van der Waals surface area (Å²) < 4.78 is 39.6. The predicted octanol–water partition coefficient (Wildman–Crippen LogP) is 1.22. The minimum Gasteiger partial charge on any atom is -0.501 e. The van der Waals surface area contributed by atoms with Crippen LogP contribution in [0.25, 0.3) is 0 Å². The second-order valence-electron chi connectivity index (χ2n) is 3.15. The molecule has 0 unspecified atom stereocenters. The van der Waals surface area contributed by atoms with Gasteiger partial charge in [-0.2, -0.15) is 0 Å². The van der Waals surface area contributed by atoms with E-state index in [9.17, 15) is 33.2 Å². The molecule has 8 nitrogen and oxygen atoms in total. The van der Waals surface area contributed by atoms with Crippen molar-refractivity contribution in [1.82, 2.24) is 4.98 Å². The summed E-state index contributed by atoms with van der Waals surface area (Å²) in [6.07, 6.45) is -5.93. The molecule has 0 radical (unpaired) electrons. The molecule has 0 aliphatic heterocycles. The van der Waals surface area contributed by atoms with Crippen molar-refractivity contribution in [2.24, 2.45) is 0 Å². The quantitative estimate of drug-likeness (QED) is 0.628. The largest absolute Gasteiger partial charge is 0.573 e. The van der Waals surface area contributed by atoms with Gasteiger partial charge in [0.25, 0.3) is 0 Å². The summed E-state index contributed by atoms with van der Waals surface area (Å²) in [6.45, 7) is 0. The molecule has 0 bridgehead atoms. The van der Waals surface area contributed by atoms with Crippen molar-refractivity contribution in [1.29, 1.82) is 0 Å². The molecule has 0 saturated carbocycles. The molecule has 11 heteroatoms. The zero-order chi connectivity index (χ0) is 14.8. The zero-order valence-electron chi connectivity index (χ0n) is 8.84. The average Bonchev–Trinajstić information content (AvgIpc) is 2.20. The van der Waals surface area contributed by atoms with Gasteiger partial charge in [-0.05, 0) is 9.91 Å². The SMILES string of the molecule is O=C(O)Cc1c(OC(F)(F)F)cnc([N+](=O)[O-])c1O. The summed E-state index contributed by atoms with van der Waals surface area (Å²) in [7, 11) is 0. The highest BCUT2D eigenvalue weighted by atomic mass is 19.4. The Labute approximate surface area is 102 Å². The summed E-state index contributed by atoms with van der Waals surface area (Å²) in [5.41, 5.74) is -0.883. The lowest BCUT2D eigenvalue weighted by molar-refractivity contribution is -0.390. The van der Waals surface area contributed by atoms with Crippen molar-refractivity contribution >= 4 is 11.8 Å². The van der Waals surface area contributed by atoms with E-state index in [4.69, 9.17) is 5.11 Å². The van der Waals surface area contributed by atoms with Gasteiger partial charge in [0.05, 0.1) is 12.0 Å². The topological polar surface area (TPSA) is 123 Å². The van der Waals surface area contributed by atoms with Crippen LogP contribution in [0, 0.1) is 10.1 Å². The number of aliphatic carboxylic acids is 1. The van der Waals surface area contributed by atoms with Crippen LogP contribution >= 0.6 is 0 Å². The molecule has 1 aromatic rings. The lowest BCUT2D eigenvalue weighted by Crippen LogP contribution is -2.19. The first kappa shape index (κ1) is 14.5. The smallest absolute Gasteiger partial charge is 0.501 e. The van der Waals surface area contributed by atoms with Crippen LogP contribution in [0.15, 0.2) is 6.20 Å². The summed E-state index contributed by atoms with van der Waals surface area (Å²) in [5.74, 6) is -5.17. The highest BCUT2D eigenvalue weighted by Crippen LogP contribution is 2.36. The number of ether oxygens (including phenoxy) is 1. The molecule has 0 amide bonds. The fraction of sp³-hybridized carbons (Fsp3) is 0.250. The normalized spacial score (nSPS) is 11.1. The molecule has 1 aromatic heterocycles. The van der Waals surface area contributed by atoms with Crippen LogP contribution in [0.5, 0.6) is 11.5 Å². The third-order valence-electron chi connectivity index (χ3n) is 1.83. The second kappa shape index (κ2) is 4.96. The van der Waals surface area contributed by atoms with Crippen LogP contribution < -0.4 is 4.74 Å². The number of alkyl halides is 3. The number of halogens is 3. The standard InChI is InChI=1S/C8H5F3N2O6/c9-8(10,11)19-4-2-12-7(13(17)18)6(16)3(4)1-5(14)15/h2,16H,1H2,(H,14,15). The van der Waals surface area contributed by atoms with E-state index in [-0.39, 0.29) is 0 Å². The van der Waals surface area contributed by atoms with Crippen LogP contribution in [0.4, 0.5) is 19.0 Å². The summed E-state index contributed by atoms with van der Waals surface area (Å²) in [4.78, 5) is 22.7.